The second-order valence-electron chi connectivity index (χ2n) is 4.56. The predicted octanol–water partition coefficient (Wildman–Crippen LogP) is 2.97. The molecule has 0 aliphatic heterocycles. The molecule has 20 heavy (non-hydrogen) atoms. The van der Waals surface area contributed by atoms with E-state index in [4.69, 9.17) is 10.5 Å². The summed E-state index contributed by atoms with van der Waals surface area (Å²) in [5.74, 6) is 0.223. The second-order valence-corrected chi connectivity index (χ2v) is 4.56. The van der Waals surface area contributed by atoms with Crippen molar-refractivity contribution in [2.75, 3.05) is 12.4 Å². The Hall–Kier alpha value is -2.49. The monoisotopic (exact) mass is 270 g/mol. The summed E-state index contributed by atoms with van der Waals surface area (Å²) < 4.78 is 5.30. The lowest BCUT2D eigenvalue weighted by Crippen LogP contribution is -2.13. The largest absolute Gasteiger partial charge is 0.495 e. The molecule has 1 amide bonds. The molecule has 1 unspecified atom stereocenters. The van der Waals surface area contributed by atoms with E-state index in [1.54, 1.807) is 25.3 Å². The average Bonchev–Trinajstić information content (AvgIpc) is 2.48. The molecule has 104 valence electrons. The number of hydrogen-bond acceptors (Lipinski definition) is 3. The summed E-state index contributed by atoms with van der Waals surface area (Å²) in [6.45, 7) is 2.05. The molecule has 3 N–H and O–H groups in total. The van der Waals surface area contributed by atoms with Crippen molar-refractivity contribution in [3.05, 3.63) is 59.7 Å². The molecule has 1 atom stereocenters. The summed E-state index contributed by atoms with van der Waals surface area (Å²) in [5.41, 5.74) is 7.66. The molecule has 0 spiro atoms. The van der Waals surface area contributed by atoms with Gasteiger partial charge in [-0.15, -0.1) is 0 Å². The minimum Gasteiger partial charge on any atom is -0.495 e. The third-order valence-corrected chi connectivity index (χ3v) is 3.16. The van der Waals surface area contributed by atoms with Gasteiger partial charge in [-0.25, -0.2) is 0 Å². The van der Waals surface area contributed by atoms with Crippen molar-refractivity contribution in [2.24, 2.45) is 5.73 Å². The number of methoxy groups -OCH3 is 1. The topological polar surface area (TPSA) is 64.3 Å². The first-order valence-electron chi connectivity index (χ1n) is 6.41. The summed E-state index contributed by atoms with van der Waals surface area (Å²) in [6, 6.07) is 15.2. The zero-order valence-corrected chi connectivity index (χ0v) is 11.6. The van der Waals surface area contributed by atoms with Gasteiger partial charge >= 0.3 is 0 Å². The van der Waals surface area contributed by atoms with Gasteiger partial charge in [0.15, 0.2) is 0 Å². The third-order valence-electron chi connectivity index (χ3n) is 3.16. The van der Waals surface area contributed by atoms with Crippen molar-refractivity contribution in [2.45, 2.75) is 13.0 Å². The molecule has 0 aromatic heterocycles. The maximum absolute atomic E-state index is 11.3. The van der Waals surface area contributed by atoms with Crippen molar-refractivity contribution in [1.29, 1.82) is 0 Å². The van der Waals surface area contributed by atoms with Gasteiger partial charge in [-0.3, -0.25) is 4.79 Å². The molecule has 0 aliphatic rings. The smallest absolute Gasteiger partial charge is 0.248 e. The van der Waals surface area contributed by atoms with E-state index in [1.807, 2.05) is 37.3 Å². The summed E-state index contributed by atoms with van der Waals surface area (Å²) in [7, 11) is 1.59. The number of rotatable bonds is 5. The highest BCUT2D eigenvalue weighted by molar-refractivity contribution is 5.94. The molecule has 0 aliphatic carbocycles. The van der Waals surface area contributed by atoms with Crippen LogP contribution in [0.15, 0.2) is 48.5 Å². The highest BCUT2D eigenvalue weighted by atomic mass is 16.5. The first kappa shape index (κ1) is 13.9. The lowest BCUT2D eigenvalue weighted by molar-refractivity contribution is 0.100. The number of amides is 1. The maximum Gasteiger partial charge on any atom is 0.248 e. The lowest BCUT2D eigenvalue weighted by atomic mass is 10.1. The highest BCUT2D eigenvalue weighted by Crippen LogP contribution is 2.29. The van der Waals surface area contributed by atoms with Gasteiger partial charge in [0.1, 0.15) is 5.75 Å². The standard InChI is InChI=1S/C16H18N2O2/c1-11(12-6-4-3-5-7-12)18-14-10-13(16(17)19)8-9-15(14)20-2/h3-11,18H,1-2H3,(H2,17,19). The van der Waals surface area contributed by atoms with E-state index in [9.17, 15) is 4.79 Å². The molecule has 2 aromatic carbocycles. The Morgan fingerprint density at radius 3 is 2.50 bits per heavy atom. The third kappa shape index (κ3) is 3.09. The molecule has 0 fully saturated rings. The van der Waals surface area contributed by atoms with E-state index >= 15 is 0 Å². The fraction of sp³-hybridized carbons (Fsp3) is 0.188. The fourth-order valence-corrected chi connectivity index (χ4v) is 2.03. The molecule has 0 saturated carbocycles. The lowest BCUT2D eigenvalue weighted by Gasteiger charge is -2.18. The van der Waals surface area contributed by atoms with Crippen LogP contribution in [0.25, 0.3) is 0 Å². The van der Waals surface area contributed by atoms with Gasteiger partial charge in [0, 0.05) is 11.6 Å². The van der Waals surface area contributed by atoms with Gasteiger partial charge < -0.3 is 15.8 Å². The summed E-state index contributed by atoms with van der Waals surface area (Å²) in [5, 5.41) is 3.34. The van der Waals surface area contributed by atoms with Crippen LogP contribution < -0.4 is 15.8 Å². The maximum atomic E-state index is 11.3. The van der Waals surface area contributed by atoms with Gasteiger partial charge in [0.25, 0.3) is 0 Å². The van der Waals surface area contributed by atoms with E-state index in [0.717, 1.165) is 11.3 Å². The van der Waals surface area contributed by atoms with E-state index in [-0.39, 0.29) is 6.04 Å². The van der Waals surface area contributed by atoms with Gasteiger partial charge in [0.05, 0.1) is 12.8 Å². The number of hydrogen-bond donors (Lipinski definition) is 2. The van der Waals surface area contributed by atoms with Gasteiger partial charge in [-0.1, -0.05) is 30.3 Å². The van der Waals surface area contributed by atoms with Crippen molar-refractivity contribution in [3.8, 4) is 5.75 Å². The molecule has 4 heteroatoms. The van der Waals surface area contributed by atoms with E-state index < -0.39 is 5.91 Å². The van der Waals surface area contributed by atoms with Crippen molar-refractivity contribution in [3.63, 3.8) is 0 Å². The van der Waals surface area contributed by atoms with E-state index in [2.05, 4.69) is 5.32 Å². The van der Waals surface area contributed by atoms with Crippen LogP contribution in [0, 0.1) is 0 Å². The minimum atomic E-state index is -0.455. The van der Waals surface area contributed by atoms with Crippen LogP contribution in [-0.2, 0) is 0 Å². The van der Waals surface area contributed by atoms with E-state index in [0.29, 0.717) is 11.3 Å². The summed E-state index contributed by atoms with van der Waals surface area (Å²) in [6.07, 6.45) is 0. The summed E-state index contributed by atoms with van der Waals surface area (Å²) in [4.78, 5) is 11.3. The Morgan fingerprint density at radius 1 is 1.20 bits per heavy atom. The van der Waals surface area contributed by atoms with Crippen LogP contribution in [0.1, 0.15) is 28.9 Å². The van der Waals surface area contributed by atoms with Crippen LogP contribution in [-0.4, -0.2) is 13.0 Å². The number of primary amides is 1. The normalized spacial score (nSPS) is 11.7. The second kappa shape index (κ2) is 6.10. The Labute approximate surface area is 118 Å². The number of carbonyl (C=O) groups excluding carboxylic acids is 1. The number of nitrogens with two attached hydrogens (primary N) is 1. The Bertz CT molecular complexity index is 597. The highest BCUT2D eigenvalue weighted by Gasteiger charge is 2.11. The Kier molecular flexibility index (Phi) is 4.25. The molecule has 2 rings (SSSR count). The molecule has 2 aromatic rings. The van der Waals surface area contributed by atoms with Crippen LogP contribution in [0.5, 0.6) is 5.75 Å². The van der Waals surface area contributed by atoms with E-state index in [1.165, 1.54) is 0 Å². The van der Waals surface area contributed by atoms with Crippen LogP contribution in [0.2, 0.25) is 0 Å². The Balaban J connectivity index is 2.27. The van der Waals surface area contributed by atoms with Crippen LogP contribution in [0.3, 0.4) is 0 Å². The Morgan fingerprint density at radius 2 is 1.90 bits per heavy atom. The first-order chi connectivity index (χ1) is 9.61. The van der Waals surface area contributed by atoms with Crippen LogP contribution in [0.4, 0.5) is 5.69 Å². The van der Waals surface area contributed by atoms with Crippen molar-refractivity contribution >= 4 is 11.6 Å². The molecule has 0 heterocycles. The summed E-state index contributed by atoms with van der Waals surface area (Å²) >= 11 is 0. The molecule has 4 nitrogen and oxygen atoms in total. The zero-order chi connectivity index (χ0) is 14.5. The molecule has 0 radical (unpaired) electrons. The van der Waals surface area contributed by atoms with Gasteiger partial charge in [0.2, 0.25) is 5.91 Å². The quantitative estimate of drug-likeness (QED) is 0.878. The molecule has 0 saturated heterocycles. The van der Waals surface area contributed by atoms with Gasteiger partial charge in [-0.2, -0.15) is 0 Å². The van der Waals surface area contributed by atoms with Gasteiger partial charge in [-0.05, 0) is 30.7 Å². The predicted molar refractivity (Wildman–Crippen MR) is 80.0 cm³/mol. The number of nitrogens with one attached hydrogen (secondary N) is 1. The fourth-order valence-electron chi connectivity index (χ4n) is 2.03. The average molecular weight is 270 g/mol. The minimum absolute atomic E-state index is 0.0910. The van der Waals surface area contributed by atoms with Crippen LogP contribution >= 0.6 is 0 Å². The molecular weight excluding hydrogens is 252 g/mol. The van der Waals surface area contributed by atoms with Crippen molar-refractivity contribution in [1.82, 2.24) is 0 Å². The number of benzene rings is 2. The number of anilines is 1. The SMILES string of the molecule is COc1ccc(C(N)=O)cc1NC(C)c1ccccc1. The first-order valence-corrected chi connectivity index (χ1v) is 6.41. The molecular formula is C16H18N2O2. The zero-order valence-electron chi connectivity index (χ0n) is 11.6. The number of ether oxygens (including phenoxy) is 1. The van der Waals surface area contributed by atoms with Crippen molar-refractivity contribution < 1.29 is 9.53 Å². The number of carbonyl (C=O) groups is 1. The molecule has 0 bridgehead atoms.